The van der Waals surface area contributed by atoms with Crippen molar-refractivity contribution in [2.45, 2.75) is 25.8 Å². The Morgan fingerprint density at radius 1 is 1.43 bits per heavy atom. The molecule has 2 aliphatic rings. The first-order valence-electron chi connectivity index (χ1n) is 4.97. The largest absolute Gasteiger partial charge is 0.297 e. The van der Waals surface area contributed by atoms with Crippen LogP contribution < -0.4 is 0 Å². The highest BCUT2D eigenvalue weighted by Crippen LogP contribution is 2.52. The van der Waals surface area contributed by atoms with Crippen molar-refractivity contribution in [2.75, 3.05) is 13.1 Å². The molecule has 2 heterocycles. The molecular formula is C9H12ClN3S. The van der Waals surface area contributed by atoms with Crippen LogP contribution in [0.3, 0.4) is 0 Å². The van der Waals surface area contributed by atoms with Crippen LogP contribution in [0.1, 0.15) is 25.0 Å². The second-order valence-corrected chi connectivity index (χ2v) is 5.81. The third-order valence-electron chi connectivity index (χ3n) is 3.36. The Labute approximate surface area is 92.2 Å². The fraction of sp³-hybridized carbons (Fsp3) is 0.778. The van der Waals surface area contributed by atoms with E-state index in [4.69, 9.17) is 11.6 Å². The van der Waals surface area contributed by atoms with E-state index in [9.17, 15) is 0 Å². The summed E-state index contributed by atoms with van der Waals surface area (Å²) in [6, 6.07) is 0. The number of likely N-dealkylation sites (tertiary alicyclic amines) is 1. The number of hydrogen-bond donors (Lipinski definition) is 0. The molecule has 2 fully saturated rings. The van der Waals surface area contributed by atoms with Gasteiger partial charge in [0.05, 0.1) is 0 Å². The molecule has 5 heteroatoms. The van der Waals surface area contributed by atoms with Gasteiger partial charge in [-0.3, -0.25) is 4.90 Å². The van der Waals surface area contributed by atoms with Gasteiger partial charge in [-0.1, -0.05) is 16.1 Å². The molecule has 0 atom stereocenters. The molecule has 3 nitrogen and oxygen atoms in total. The molecule has 1 aliphatic carbocycles. The third-order valence-corrected chi connectivity index (χ3v) is 4.34. The van der Waals surface area contributed by atoms with Crippen molar-refractivity contribution in [3.63, 3.8) is 0 Å². The van der Waals surface area contributed by atoms with E-state index in [1.54, 1.807) is 0 Å². The topological polar surface area (TPSA) is 29.0 Å². The third kappa shape index (κ3) is 1.55. The van der Waals surface area contributed by atoms with E-state index < -0.39 is 0 Å². The van der Waals surface area contributed by atoms with E-state index >= 15 is 0 Å². The summed E-state index contributed by atoms with van der Waals surface area (Å²) in [5.74, 6) is 0. The predicted molar refractivity (Wildman–Crippen MR) is 56.5 cm³/mol. The van der Waals surface area contributed by atoms with Crippen LogP contribution in [-0.4, -0.2) is 27.6 Å². The van der Waals surface area contributed by atoms with E-state index in [0.717, 1.165) is 16.6 Å². The Morgan fingerprint density at radius 2 is 2.29 bits per heavy atom. The molecular weight excluding hydrogens is 218 g/mol. The van der Waals surface area contributed by atoms with Crippen LogP contribution in [0.15, 0.2) is 0 Å². The van der Waals surface area contributed by atoms with Crippen molar-refractivity contribution in [1.29, 1.82) is 0 Å². The summed E-state index contributed by atoms with van der Waals surface area (Å²) in [5.41, 5.74) is 1.64. The number of hydrogen-bond acceptors (Lipinski definition) is 4. The molecule has 1 saturated carbocycles. The van der Waals surface area contributed by atoms with E-state index in [1.165, 1.54) is 43.9 Å². The lowest BCUT2D eigenvalue weighted by Gasteiger charge is -2.13. The molecule has 1 aliphatic heterocycles. The molecule has 1 aromatic rings. The zero-order chi connectivity index (χ0) is 9.60. The van der Waals surface area contributed by atoms with Gasteiger partial charge in [0.25, 0.3) is 0 Å². The van der Waals surface area contributed by atoms with Gasteiger partial charge in [0.15, 0.2) is 0 Å². The van der Waals surface area contributed by atoms with Crippen LogP contribution in [0, 0.1) is 5.41 Å². The van der Waals surface area contributed by atoms with Crippen LogP contribution >= 0.6 is 23.1 Å². The summed E-state index contributed by atoms with van der Waals surface area (Å²) in [5, 5.41) is 4.04. The van der Waals surface area contributed by atoms with Crippen molar-refractivity contribution in [3.8, 4) is 0 Å². The lowest BCUT2D eigenvalue weighted by molar-refractivity contribution is 0.308. The summed E-state index contributed by atoms with van der Waals surface area (Å²) in [7, 11) is 0. The Bertz CT molecular complexity index is 348. The summed E-state index contributed by atoms with van der Waals surface area (Å²) in [6.45, 7) is 3.33. The Balaban J connectivity index is 1.66. The molecule has 1 saturated heterocycles. The summed E-state index contributed by atoms with van der Waals surface area (Å²) < 4.78 is 4.60. The van der Waals surface area contributed by atoms with Gasteiger partial charge in [-0.2, -0.15) is 0 Å². The average molecular weight is 230 g/mol. The predicted octanol–water partition coefficient (Wildman–Crippen LogP) is 2.18. The monoisotopic (exact) mass is 229 g/mol. The number of aromatic nitrogens is 2. The molecule has 0 radical (unpaired) electrons. The number of halogens is 1. The lowest BCUT2D eigenvalue weighted by atomic mass is 10.1. The molecule has 1 aromatic heterocycles. The lowest BCUT2D eigenvalue weighted by Crippen LogP contribution is -2.20. The van der Waals surface area contributed by atoms with Crippen molar-refractivity contribution >= 4 is 23.1 Å². The second-order valence-electron chi connectivity index (χ2n) is 4.45. The van der Waals surface area contributed by atoms with Gasteiger partial charge in [0, 0.05) is 24.6 Å². The first kappa shape index (κ1) is 9.07. The van der Waals surface area contributed by atoms with Crippen LogP contribution in [0.25, 0.3) is 0 Å². The van der Waals surface area contributed by atoms with Gasteiger partial charge in [-0.15, -0.1) is 5.10 Å². The molecule has 76 valence electrons. The highest BCUT2D eigenvalue weighted by atomic mass is 35.5. The highest BCUT2D eigenvalue weighted by molar-refractivity contribution is 7.10. The quantitative estimate of drug-likeness (QED) is 0.779. The molecule has 0 unspecified atom stereocenters. The maximum atomic E-state index is 5.97. The minimum atomic E-state index is 0.690. The van der Waals surface area contributed by atoms with Gasteiger partial charge in [0.1, 0.15) is 10.0 Å². The van der Waals surface area contributed by atoms with Gasteiger partial charge in [-0.05, 0) is 31.2 Å². The van der Waals surface area contributed by atoms with Crippen molar-refractivity contribution in [1.82, 2.24) is 14.5 Å². The fourth-order valence-electron chi connectivity index (χ4n) is 2.25. The van der Waals surface area contributed by atoms with E-state index in [-0.39, 0.29) is 0 Å². The van der Waals surface area contributed by atoms with Crippen molar-refractivity contribution in [3.05, 3.63) is 10.0 Å². The van der Waals surface area contributed by atoms with Gasteiger partial charge >= 0.3 is 0 Å². The number of nitrogens with zero attached hydrogens (tertiary/aromatic N) is 3. The zero-order valence-corrected chi connectivity index (χ0v) is 9.44. The first-order valence-corrected chi connectivity index (χ1v) is 6.12. The maximum absolute atomic E-state index is 5.97. The van der Waals surface area contributed by atoms with Gasteiger partial charge in [0.2, 0.25) is 0 Å². The normalized spacial score (nSPS) is 24.6. The van der Waals surface area contributed by atoms with E-state index in [0.29, 0.717) is 5.41 Å². The summed E-state index contributed by atoms with van der Waals surface area (Å²) in [4.78, 5) is 2.45. The molecule has 1 spiro atoms. The minimum Gasteiger partial charge on any atom is -0.297 e. The van der Waals surface area contributed by atoms with Crippen molar-refractivity contribution < 1.29 is 0 Å². The number of rotatable bonds is 2. The molecule has 0 aromatic carbocycles. The fourth-order valence-corrected chi connectivity index (χ4v) is 2.86. The zero-order valence-electron chi connectivity index (χ0n) is 7.87. The standard InChI is InChI=1S/C9H12ClN3S/c10-8-7(11-12-14-8)5-13-4-3-9(6-13)1-2-9/h1-6H2. The smallest absolute Gasteiger partial charge is 0.138 e. The van der Waals surface area contributed by atoms with E-state index in [2.05, 4.69) is 14.5 Å². The molecule has 0 bridgehead atoms. The van der Waals surface area contributed by atoms with Gasteiger partial charge in [-0.25, -0.2) is 0 Å². The average Bonchev–Trinajstić information content (AvgIpc) is 2.60. The molecule has 3 rings (SSSR count). The van der Waals surface area contributed by atoms with E-state index in [1.807, 2.05) is 0 Å². The SMILES string of the molecule is Clc1snnc1CN1CCC2(CC2)C1. The maximum Gasteiger partial charge on any atom is 0.138 e. The first-order chi connectivity index (χ1) is 6.77. The molecule has 0 amide bonds. The Kier molecular flexibility index (Phi) is 2.04. The highest BCUT2D eigenvalue weighted by Gasteiger charge is 2.47. The second kappa shape index (κ2) is 3.15. The molecule has 0 N–H and O–H groups in total. The Morgan fingerprint density at radius 3 is 2.86 bits per heavy atom. The van der Waals surface area contributed by atoms with Crippen LogP contribution in [0.2, 0.25) is 4.34 Å². The van der Waals surface area contributed by atoms with Crippen LogP contribution in [0.5, 0.6) is 0 Å². The summed E-state index contributed by atoms with van der Waals surface area (Å²) >= 11 is 7.25. The van der Waals surface area contributed by atoms with Crippen molar-refractivity contribution in [2.24, 2.45) is 5.41 Å². The van der Waals surface area contributed by atoms with Gasteiger partial charge < -0.3 is 0 Å². The summed E-state index contributed by atoms with van der Waals surface area (Å²) in [6.07, 6.45) is 4.21. The van der Waals surface area contributed by atoms with Crippen LogP contribution in [0.4, 0.5) is 0 Å². The Hall–Kier alpha value is -0.190. The van der Waals surface area contributed by atoms with Crippen LogP contribution in [-0.2, 0) is 6.54 Å². The minimum absolute atomic E-state index is 0.690. The molecule has 14 heavy (non-hydrogen) atoms.